The second-order valence-electron chi connectivity index (χ2n) is 3.88. The molecule has 4 nitrogen and oxygen atoms in total. The Morgan fingerprint density at radius 2 is 1.80 bits per heavy atom. The van der Waals surface area contributed by atoms with E-state index < -0.39 is 10.0 Å². The quantitative estimate of drug-likeness (QED) is 0.926. The summed E-state index contributed by atoms with van der Waals surface area (Å²) in [5, 5.41) is 0.531. The molecule has 0 aromatic heterocycles. The highest BCUT2D eigenvalue weighted by atomic mass is 35.5. The van der Waals surface area contributed by atoms with Crippen LogP contribution in [0.25, 0.3) is 0 Å². The van der Waals surface area contributed by atoms with Crippen LogP contribution in [-0.4, -0.2) is 15.5 Å². The second kappa shape index (κ2) is 5.91. The number of anilines is 1. The third-order valence-electron chi connectivity index (χ3n) is 2.53. The van der Waals surface area contributed by atoms with Crippen molar-refractivity contribution in [3.63, 3.8) is 0 Å². The van der Waals surface area contributed by atoms with E-state index in [9.17, 15) is 8.42 Å². The van der Waals surface area contributed by atoms with Crippen molar-refractivity contribution in [2.45, 2.75) is 4.90 Å². The van der Waals surface area contributed by atoms with Crippen molar-refractivity contribution < 1.29 is 13.2 Å². The summed E-state index contributed by atoms with van der Waals surface area (Å²) in [6.07, 6.45) is 0. The molecule has 0 saturated heterocycles. The van der Waals surface area contributed by atoms with E-state index in [4.69, 9.17) is 27.9 Å². The number of sulfonamides is 1. The number of benzene rings is 2. The van der Waals surface area contributed by atoms with Crippen LogP contribution in [0.2, 0.25) is 10.0 Å². The van der Waals surface area contributed by atoms with Gasteiger partial charge in [0.15, 0.2) is 0 Å². The molecule has 0 radical (unpaired) electrons. The van der Waals surface area contributed by atoms with Gasteiger partial charge in [0.2, 0.25) is 0 Å². The molecule has 0 amide bonds. The fraction of sp³-hybridized carbons (Fsp3) is 0.0769. The van der Waals surface area contributed by atoms with Crippen molar-refractivity contribution in [2.75, 3.05) is 11.8 Å². The lowest BCUT2D eigenvalue weighted by molar-refractivity contribution is 0.417. The Hall–Kier alpha value is -1.43. The Bertz CT molecular complexity index is 732. The van der Waals surface area contributed by atoms with Gasteiger partial charge in [-0.05, 0) is 30.3 Å². The van der Waals surface area contributed by atoms with Crippen LogP contribution in [0.4, 0.5) is 5.69 Å². The standard InChI is InChI=1S/C13H11Cl2NO3S/c1-19-12-7-6-9(14)8-11(12)16-20(17,18)13-5-3-2-4-10(13)15/h2-8,16H,1H3. The van der Waals surface area contributed by atoms with Crippen molar-refractivity contribution in [2.24, 2.45) is 0 Å². The summed E-state index contributed by atoms with van der Waals surface area (Å²) in [5.74, 6) is 0.366. The smallest absolute Gasteiger partial charge is 0.263 e. The number of nitrogens with one attached hydrogen (secondary N) is 1. The average Bonchev–Trinajstić information content (AvgIpc) is 2.39. The van der Waals surface area contributed by atoms with Gasteiger partial charge >= 0.3 is 0 Å². The van der Waals surface area contributed by atoms with E-state index >= 15 is 0 Å². The molecule has 0 atom stereocenters. The van der Waals surface area contributed by atoms with Gasteiger partial charge in [-0.25, -0.2) is 8.42 Å². The van der Waals surface area contributed by atoms with Crippen LogP contribution in [-0.2, 0) is 10.0 Å². The van der Waals surface area contributed by atoms with Crippen molar-refractivity contribution >= 4 is 38.9 Å². The van der Waals surface area contributed by atoms with Crippen LogP contribution >= 0.6 is 23.2 Å². The van der Waals surface area contributed by atoms with Gasteiger partial charge in [-0.3, -0.25) is 4.72 Å². The summed E-state index contributed by atoms with van der Waals surface area (Å²) in [4.78, 5) is -0.0105. The van der Waals surface area contributed by atoms with Crippen LogP contribution in [0.1, 0.15) is 0 Å². The third kappa shape index (κ3) is 3.17. The van der Waals surface area contributed by atoms with Crippen molar-refractivity contribution in [3.05, 3.63) is 52.5 Å². The molecule has 2 rings (SSSR count). The molecule has 2 aromatic rings. The molecule has 0 spiro atoms. The monoisotopic (exact) mass is 331 g/mol. The zero-order chi connectivity index (χ0) is 14.8. The molecule has 7 heteroatoms. The minimum atomic E-state index is -3.81. The summed E-state index contributed by atoms with van der Waals surface area (Å²) in [6.45, 7) is 0. The molecule has 0 unspecified atom stereocenters. The zero-order valence-electron chi connectivity index (χ0n) is 10.4. The Kier molecular flexibility index (Phi) is 4.42. The molecule has 106 valence electrons. The number of rotatable bonds is 4. The predicted molar refractivity (Wildman–Crippen MR) is 80.3 cm³/mol. The molecule has 2 aromatic carbocycles. The number of methoxy groups -OCH3 is 1. The number of halogens is 2. The first kappa shape index (κ1) is 15.0. The van der Waals surface area contributed by atoms with E-state index in [1.165, 1.54) is 25.3 Å². The van der Waals surface area contributed by atoms with E-state index in [0.29, 0.717) is 10.8 Å². The highest BCUT2D eigenvalue weighted by Gasteiger charge is 2.19. The summed E-state index contributed by atoms with van der Waals surface area (Å²) in [6, 6.07) is 10.8. The zero-order valence-corrected chi connectivity index (χ0v) is 12.8. The topological polar surface area (TPSA) is 55.4 Å². The molecule has 0 saturated carbocycles. The second-order valence-corrected chi connectivity index (χ2v) is 6.37. The lowest BCUT2D eigenvalue weighted by Crippen LogP contribution is -2.14. The lowest BCUT2D eigenvalue weighted by atomic mass is 10.3. The molecule has 0 aliphatic rings. The van der Waals surface area contributed by atoms with E-state index in [0.717, 1.165) is 0 Å². The average molecular weight is 332 g/mol. The Morgan fingerprint density at radius 1 is 1.10 bits per heavy atom. The van der Waals surface area contributed by atoms with Crippen molar-refractivity contribution in [1.82, 2.24) is 0 Å². The fourth-order valence-electron chi connectivity index (χ4n) is 1.62. The van der Waals surface area contributed by atoms with Crippen LogP contribution in [0.15, 0.2) is 47.4 Å². The van der Waals surface area contributed by atoms with E-state index in [2.05, 4.69) is 4.72 Å². The highest BCUT2D eigenvalue weighted by Crippen LogP contribution is 2.31. The summed E-state index contributed by atoms with van der Waals surface area (Å²) >= 11 is 11.8. The van der Waals surface area contributed by atoms with Gasteiger partial charge in [-0.1, -0.05) is 35.3 Å². The minimum Gasteiger partial charge on any atom is -0.495 e. The van der Waals surface area contributed by atoms with Crippen LogP contribution in [0, 0.1) is 0 Å². The van der Waals surface area contributed by atoms with Crippen molar-refractivity contribution in [1.29, 1.82) is 0 Å². The van der Waals surface area contributed by atoms with Gasteiger partial charge < -0.3 is 4.74 Å². The predicted octanol–water partition coefficient (Wildman–Crippen LogP) is 3.80. The maximum Gasteiger partial charge on any atom is 0.263 e. The summed E-state index contributed by atoms with van der Waals surface area (Å²) < 4.78 is 32.1. The molecule has 20 heavy (non-hydrogen) atoms. The first-order chi connectivity index (χ1) is 9.44. The largest absolute Gasteiger partial charge is 0.495 e. The van der Waals surface area contributed by atoms with E-state index in [1.807, 2.05) is 0 Å². The van der Waals surface area contributed by atoms with Gasteiger partial charge in [-0.15, -0.1) is 0 Å². The van der Waals surface area contributed by atoms with E-state index in [-0.39, 0.29) is 15.6 Å². The van der Waals surface area contributed by atoms with Crippen LogP contribution < -0.4 is 9.46 Å². The fourth-order valence-corrected chi connectivity index (χ4v) is 3.38. The molecule has 0 fully saturated rings. The minimum absolute atomic E-state index is 0.0105. The van der Waals surface area contributed by atoms with E-state index in [1.54, 1.807) is 24.3 Å². The first-order valence-corrected chi connectivity index (χ1v) is 7.79. The molecule has 0 heterocycles. The lowest BCUT2D eigenvalue weighted by Gasteiger charge is -2.12. The van der Waals surface area contributed by atoms with Crippen molar-refractivity contribution in [3.8, 4) is 5.75 Å². The number of hydrogen-bond donors (Lipinski definition) is 1. The Balaban J connectivity index is 2.44. The Labute approximate surface area is 127 Å². The molecular weight excluding hydrogens is 321 g/mol. The maximum absolute atomic E-state index is 12.3. The third-order valence-corrected chi connectivity index (χ3v) is 4.63. The highest BCUT2D eigenvalue weighted by molar-refractivity contribution is 7.92. The van der Waals surface area contributed by atoms with Gasteiger partial charge in [0.05, 0.1) is 17.8 Å². The van der Waals surface area contributed by atoms with Gasteiger partial charge in [-0.2, -0.15) is 0 Å². The maximum atomic E-state index is 12.3. The summed E-state index contributed by atoms with van der Waals surface area (Å²) in [5.41, 5.74) is 0.250. The van der Waals surface area contributed by atoms with Gasteiger partial charge in [0.25, 0.3) is 10.0 Å². The number of hydrogen-bond acceptors (Lipinski definition) is 3. The van der Waals surface area contributed by atoms with Crippen LogP contribution in [0.5, 0.6) is 5.75 Å². The normalized spacial score (nSPS) is 11.2. The SMILES string of the molecule is COc1ccc(Cl)cc1NS(=O)(=O)c1ccccc1Cl. The van der Waals surface area contributed by atoms with Crippen LogP contribution in [0.3, 0.4) is 0 Å². The van der Waals surface area contributed by atoms with Gasteiger partial charge in [0, 0.05) is 5.02 Å². The Morgan fingerprint density at radius 3 is 2.45 bits per heavy atom. The first-order valence-electron chi connectivity index (χ1n) is 5.55. The molecule has 0 aliphatic carbocycles. The van der Waals surface area contributed by atoms with Gasteiger partial charge in [0.1, 0.15) is 10.6 Å². The molecule has 1 N–H and O–H groups in total. The molecule has 0 bridgehead atoms. The number of ether oxygens (including phenoxy) is 1. The summed E-state index contributed by atoms with van der Waals surface area (Å²) in [7, 11) is -2.37. The molecular formula is C13H11Cl2NO3S. The molecule has 0 aliphatic heterocycles.